The van der Waals surface area contributed by atoms with E-state index in [-0.39, 0.29) is 27.8 Å². The van der Waals surface area contributed by atoms with Crippen molar-refractivity contribution < 1.29 is 22.8 Å². The van der Waals surface area contributed by atoms with E-state index in [1.165, 1.54) is 23.9 Å². The molecule has 1 aromatic carbocycles. The van der Waals surface area contributed by atoms with Crippen LogP contribution >= 0.6 is 23.4 Å². The van der Waals surface area contributed by atoms with Crippen LogP contribution in [0, 0.1) is 0 Å². The van der Waals surface area contributed by atoms with E-state index in [1.807, 2.05) is 19.9 Å². The molecular formula is C16H20ClNO5S2. The summed E-state index contributed by atoms with van der Waals surface area (Å²) in [6, 6.07) is 2.77. The van der Waals surface area contributed by atoms with Crippen molar-refractivity contribution in [3.63, 3.8) is 0 Å². The summed E-state index contributed by atoms with van der Waals surface area (Å²) in [7, 11) is -3.50. The van der Waals surface area contributed by atoms with Gasteiger partial charge < -0.3 is 4.74 Å². The molecule has 1 N–H and O–H groups in total. The molecule has 0 bridgehead atoms. The van der Waals surface area contributed by atoms with Crippen LogP contribution in [-0.2, 0) is 25.2 Å². The molecule has 0 spiro atoms. The highest BCUT2D eigenvalue weighted by molar-refractivity contribution is 8.02. The van der Waals surface area contributed by atoms with E-state index in [0.717, 1.165) is 11.3 Å². The summed E-state index contributed by atoms with van der Waals surface area (Å²) in [4.78, 5) is 17.5. The Kier molecular flexibility index (Phi) is 6.09. The molecule has 1 heterocycles. The third-order valence-corrected chi connectivity index (χ3v) is 5.92. The molecule has 0 unspecified atom stereocenters. The Balaban J connectivity index is 2.39. The van der Waals surface area contributed by atoms with Gasteiger partial charge in [0.25, 0.3) is 0 Å². The molecule has 25 heavy (non-hydrogen) atoms. The molecule has 1 aliphatic heterocycles. The first-order valence-electron chi connectivity index (χ1n) is 7.53. The Hall–Kier alpha value is -1.22. The molecule has 0 aliphatic carbocycles. The van der Waals surface area contributed by atoms with Crippen molar-refractivity contribution in [2.75, 3.05) is 12.9 Å². The third-order valence-electron chi connectivity index (χ3n) is 3.36. The van der Waals surface area contributed by atoms with Crippen LogP contribution in [0.2, 0.25) is 5.02 Å². The quantitative estimate of drug-likeness (QED) is 0.727. The van der Waals surface area contributed by atoms with Gasteiger partial charge in [0.05, 0.1) is 27.1 Å². The van der Waals surface area contributed by atoms with Gasteiger partial charge in [0.15, 0.2) is 9.84 Å². The maximum absolute atomic E-state index is 12.1. The summed E-state index contributed by atoms with van der Waals surface area (Å²) < 4.78 is 29.1. The largest absolute Gasteiger partial charge is 0.462 e. The molecule has 0 fully saturated rings. The lowest BCUT2D eigenvalue weighted by atomic mass is 10.1. The van der Waals surface area contributed by atoms with Gasteiger partial charge in [-0.2, -0.15) is 0 Å². The zero-order valence-corrected chi connectivity index (χ0v) is 16.8. The second kappa shape index (κ2) is 7.57. The molecule has 6 nitrogen and oxygen atoms in total. The van der Waals surface area contributed by atoms with E-state index >= 15 is 0 Å². The Morgan fingerprint density at radius 1 is 1.40 bits per heavy atom. The molecule has 1 aromatic rings. The van der Waals surface area contributed by atoms with Crippen LogP contribution in [0.1, 0.15) is 36.7 Å². The van der Waals surface area contributed by atoms with Gasteiger partial charge in [0, 0.05) is 17.6 Å². The number of carbonyl (C=O) groups excluding carboxylic acids is 1. The summed E-state index contributed by atoms with van der Waals surface area (Å²) in [5.41, 5.74) is 2.86. The van der Waals surface area contributed by atoms with Crippen molar-refractivity contribution in [2.24, 2.45) is 0 Å². The molecule has 0 radical (unpaired) electrons. The first-order chi connectivity index (χ1) is 11.5. The van der Waals surface area contributed by atoms with Gasteiger partial charge in [-0.15, -0.1) is 11.8 Å². The lowest BCUT2D eigenvalue weighted by molar-refractivity contribution is -0.0126. The lowest BCUT2D eigenvalue weighted by Gasteiger charge is -2.14. The third kappa shape index (κ3) is 4.91. The molecule has 0 saturated heterocycles. The number of hydrogen-bond donors (Lipinski definition) is 1. The number of nitrogens with one attached hydrogen (secondary N) is 1. The fourth-order valence-corrected chi connectivity index (χ4v) is 4.77. The number of hydroxylamine groups is 1. The summed E-state index contributed by atoms with van der Waals surface area (Å²) >= 11 is 7.68. The van der Waals surface area contributed by atoms with Gasteiger partial charge in [0.2, 0.25) is 0 Å². The topological polar surface area (TPSA) is 81.7 Å². The number of benzene rings is 1. The molecule has 0 atom stereocenters. The molecule has 138 valence electrons. The van der Waals surface area contributed by atoms with E-state index in [0.29, 0.717) is 5.56 Å². The summed E-state index contributed by atoms with van der Waals surface area (Å²) in [5.74, 6) is -0.325. The fourth-order valence-electron chi connectivity index (χ4n) is 2.23. The molecule has 1 aliphatic rings. The Morgan fingerprint density at radius 2 is 2.08 bits per heavy atom. The summed E-state index contributed by atoms with van der Waals surface area (Å²) in [6.45, 7) is 5.68. The van der Waals surface area contributed by atoms with Crippen molar-refractivity contribution in [1.29, 1.82) is 0 Å². The number of thioether (sulfide) groups is 1. The Labute approximate surface area is 156 Å². The van der Waals surface area contributed by atoms with Gasteiger partial charge in [0.1, 0.15) is 5.60 Å². The predicted octanol–water partition coefficient (Wildman–Crippen LogP) is 3.31. The maximum atomic E-state index is 12.1. The minimum absolute atomic E-state index is 0.0904. The SMILES string of the molecule is CCOC(=O)c1ccc(S(C)(=O)=O)c(CSC2=CC(C)(C)ON2)c1Cl. The first kappa shape index (κ1) is 20.1. The average molecular weight is 406 g/mol. The van der Waals surface area contributed by atoms with E-state index < -0.39 is 21.4 Å². The standard InChI is InChI=1S/C16H20ClNO5S2/c1-5-22-15(19)10-6-7-12(25(4,20)21)11(14(10)17)9-24-13-8-16(2,3)23-18-13/h6-8,18H,5,9H2,1-4H3. The van der Waals surface area contributed by atoms with Crippen molar-refractivity contribution in [2.45, 2.75) is 37.0 Å². The number of esters is 1. The maximum Gasteiger partial charge on any atom is 0.339 e. The lowest BCUT2D eigenvalue weighted by Crippen LogP contribution is -2.20. The predicted molar refractivity (Wildman–Crippen MR) is 98.2 cm³/mol. The second-order valence-corrected chi connectivity index (χ2v) is 9.38. The summed E-state index contributed by atoms with van der Waals surface area (Å²) in [5, 5.41) is 0.842. The first-order valence-corrected chi connectivity index (χ1v) is 10.8. The zero-order valence-electron chi connectivity index (χ0n) is 14.4. The van der Waals surface area contributed by atoms with Crippen LogP contribution in [-0.4, -0.2) is 32.9 Å². The molecule has 9 heteroatoms. The monoisotopic (exact) mass is 405 g/mol. The molecule has 0 aromatic heterocycles. The Morgan fingerprint density at radius 3 is 2.60 bits per heavy atom. The van der Waals surface area contributed by atoms with Crippen molar-refractivity contribution >= 4 is 39.2 Å². The number of rotatable bonds is 6. The second-order valence-electron chi connectivity index (χ2n) is 6.00. The number of ether oxygens (including phenoxy) is 1. The number of carbonyl (C=O) groups is 1. The highest BCUT2D eigenvalue weighted by Gasteiger charge is 2.26. The minimum atomic E-state index is -3.50. The van der Waals surface area contributed by atoms with Crippen molar-refractivity contribution in [3.05, 3.63) is 39.4 Å². The number of hydrogen-bond acceptors (Lipinski definition) is 7. The normalized spacial score (nSPS) is 16.3. The molecule has 2 rings (SSSR count). The number of sulfone groups is 1. The van der Waals surface area contributed by atoms with E-state index in [2.05, 4.69) is 5.48 Å². The van der Waals surface area contributed by atoms with Gasteiger partial charge in [-0.1, -0.05) is 11.6 Å². The van der Waals surface area contributed by atoms with Crippen LogP contribution in [0.25, 0.3) is 0 Å². The van der Waals surface area contributed by atoms with Crippen LogP contribution in [0.3, 0.4) is 0 Å². The van der Waals surface area contributed by atoms with Gasteiger partial charge in [-0.25, -0.2) is 13.2 Å². The zero-order chi connectivity index (χ0) is 18.8. The van der Waals surface area contributed by atoms with Crippen molar-refractivity contribution in [1.82, 2.24) is 5.48 Å². The highest BCUT2D eigenvalue weighted by atomic mass is 35.5. The van der Waals surface area contributed by atoms with Crippen LogP contribution < -0.4 is 5.48 Å². The Bertz CT molecular complexity index is 818. The molecule has 0 saturated carbocycles. The van der Waals surface area contributed by atoms with Gasteiger partial charge in [-0.05, 0) is 39.0 Å². The minimum Gasteiger partial charge on any atom is -0.462 e. The summed E-state index contributed by atoms with van der Waals surface area (Å²) in [6.07, 6.45) is 3.00. The highest BCUT2D eigenvalue weighted by Crippen LogP contribution is 2.35. The van der Waals surface area contributed by atoms with Crippen molar-refractivity contribution in [3.8, 4) is 0 Å². The van der Waals surface area contributed by atoms with Crippen LogP contribution in [0.4, 0.5) is 0 Å². The smallest absolute Gasteiger partial charge is 0.339 e. The molecular weight excluding hydrogens is 386 g/mol. The van der Waals surface area contributed by atoms with Gasteiger partial charge in [-0.3, -0.25) is 10.3 Å². The van der Waals surface area contributed by atoms with E-state index in [1.54, 1.807) is 6.92 Å². The molecule has 0 amide bonds. The van der Waals surface area contributed by atoms with Crippen LogP contribution in [0.15, 0.2) is 28.1 Å². The average Bonchev–Trinajstić information content (AvgIpc) is 2.84. The fraction of sp³-hybridized carbons (Fsp3) is 0.438. The number of halogens is 1. The van der Waals surface area contributed by atoms with Gasteiger partial charge >= 0.3 is 5.97 Å². The van der Waals surface area contributed by atoms with E-state index in [9.17, 15) is 13.2 Å². The van der Waals surface area contributed by atoms with E-state index in [4.69, 9.17) is 21.2 Å². The van der Waals surface area contributed by atoms with Crippen LogP contribution in [0.5, 0.6) is 0 Å².